The van der Waals surface area contributed by atoms with Crippen molar-refractivity contribution in [2.75, 3.05) is 22.1 Å². The highest BCUT2D eigenvalue weighted by Gasteiger charge is 2.21. The van der Waals surface area contributed by atoms with E-state index in [4.69, 9.17) is 4.52 Å². The van der Waals surface area contributed by atoms with Gasteiger partial charge in [0.05, 0.1) is 5.69 Å². The van der Waals surface area contributed by atoms with Crippen molar-refractivity contribution in [1.29, 1.82) is 0 Å². The van der Waals surface area contributed by atoms with E-state index in [9.17, 15) is 9.59 Å². The summed E-state index contributed by atoms with van der Waals surface area (Å²) >= 11 is 0. The summed E-state index contributed by atoms with van der Waals surface area (Å²) in [4.78, 5) is 25.7. The predicted octanol–water partition coefficient (Wildman–Crippen LogP) is 2.55. The number of hydrogen-bond donors (Lipinski definition) is 2. The molecule has 1 aliphatic rings. The number of amides is 2. The highest BCUT2D eigenvalue weighted by Crippen LogP contribution is 2.23. The van der Waals surface area contributed by atoms with Crippen molar-refractivity contribution < 1.29 is 14.1 Å². The summed E-state index contributed by atoms with van der Waals surface area (Å²) in [6.07, 6.45) is 1.51. The SMILES string of the molecule is Cc1cc(NC(=O)[C@H](C)Nc2ccc(N3CCCC3=O)cc2)on1. The van der Waals surface area contributed by atoms with Gasteiger partial charge in [-0.1, -0.05) is 5.16 Å². The Labute approximate surface area is 140 Å². The van der Waals surface area contributed by atoms with Gasteiger partial charge < -0.3 is 14.7 Å². The van der Waals surface area contributed by atoms with Crippen molar-refractivity contribution in [3.8, 4) is 0 Å². The van der Waals surface area contributed by atoms with Gasteiger partial charge in [-0.25, -0.2) is 0 Å². The summed E-state index contributed by atoms with van der Waals surface area (Å²) in [5.41, 5.74) is 2.40. The largest absolute Gasteiger partial charge is 0.374 e. The number of aryl methyl sites for hydroxylation is 1. The Kier molecular flexibility index (Phi) is 4.50. The monoisotopic (exact) mass is 328 g/mol. The Hall–Kier alpha value is -2.83. The van der Waals surface area contributed by atoms with Crippen LogP contribution in [0.2, 0.25) is 0 Å². The van der Waals surface area contributed by atoms with Gasteiger partial charge in [-0.3, -0.25) is 14.9 Å². The van der Waals surface area contributed by atoms with E-state index in [0.717, 1.165) is 24.3 Å². The van der Waals surface area contributed by atoms with Gasteiger partial charge in [0, 0.05) is 30.4 Å². The van der Waals surface area contributed by atoms with Crippen LogP contribution in [0.1, 0.15) is 25.5 Å². The van der Waals surface area contributed by atoms with E-state index in [2.05, 4.69) is 15.8 Å². The van der Waals surface area contributed by atoms with Crippen molar-refractivity contribution in [3.05, 3.63) is 36.0 Å². The standard InChI is InChI=1S/C17H20N4O3/c1-11-10-15(24-20-11)19-17(23)12(2)18-13-5-7-14(8-6-13)21-9-3-4-16(21)22/h5-8,10,12,18H,3-4,9H2,1-2H3,(H,19,23)/t12-/m0/s1. The first-order chi connectivity index (χ1) is 11.5. The average molecular weight is 328 g/mol. The molecule has 0 spiro atoms. The third-order valence-corrected chi connectivity index (χ3v) is 3.90. The topological polar surface area (TPSA) is 87.5 Å². The van der Waals surface area contributed by atoms with E-state index in [1.54, 1.807) is 24.8 Å². The zero-order valence-electron chi connectivity index (χ0n) is 13.7. The van der Waals surface area contributed by atoms with Crippen molar-refractivity contribution in [1.82, 2.24) is 5.16 Å². The molecule has 1 atom stereocenters. The molecule has 1 aromatic carbocycles. The average Bonchev–Trinajstić information content (AvgIpc) is 3.16. The number of carbonyl (C=O) groups is 2. The summed E-state index contributed by atoms with van der Waals surface area (Å²) in [6.45, 7) is 4.31. The van der Waals surface area contributed by atoms with E-state index >= 15 is 0 Å². The lowest BCUT2D eigenvalue weighted by Gasteiger charge is -2.18. The lowest BCUT2D eigenvalue weighted by Crippen LogP contribution is -2.31. The Balaban J connectivity index is 1.58. The Bertz CT molecular complexity index is 739. The van der Waals surface area contributed by atoms with Crippen LogP contribution in [0.5, 0.6) is 0 Å². The predicted molar refractivity (Wildman–Crippen MR) is 91.0 cm³/mol. The number of rotatable bonds is 5. The number of benzene rings is 1. The van der Waals surface area contributed by atoms with E-state index in [1.807, 2.05) is 24.3 Å². The molecule has 0 unspecified atom stereocenters. The lowest BCUT2D eigenvalue weighted by molar-refractivity contribution is -0.117. The van der Waals surface area contributed by atoms with E-state index in [0.29, 0.717) is 18.0 Å². The second kappa shape index (κ2) is 6.74. The molecule has 1 aromatic heterocycles. The molecule has 24 heavy (non-hydrogen) atoms. The van der Waals surface area contributed by atoms with Crippen molar-refractivity contribution in [2.45, 2.75) is 32.7 Å². The molecule has 0 bridgehead atoms. The number of aromatic nitrogens is 1. The van der Waals surface area contributed by atoms with Gasteiger partial charge in [0.1, 0.15) is 6.04 Å². The van der Waals surface area contributed by atoms with Crippen molar-refractivity contribution in [3.63, 3.8) is 0 Å². The summed E-state index contributed by atoms with van der Waals surface area (Å²) < 4.78 is 4.97. The molecule has 2 aromatic rings. The first-order valence-corrected chi connectivity index (χ1v) is 7.94. The molecule has 3 rings (SSSR count). The summed E-state index contributed by atoms with van der Waals surface area (Å²) in [6, 6.07) is 8.71. The van der Waals surface area contributed by atoms with E-state index < -0.39 is 6.04 Å². The maximum atomic E-state index is 12.1. The van der Waals surface area contributed by atoms with Gasteiger partial charge in [-0.15, -0.1) is 0 Å². The molecule has 0 saturated carbocycles. The maximum Gasteiger partial charge on any atom is 0.248 e. The minimum atomic E-state index is -0.449. The molecule has 1 aliphatic heterocycles. The van der Waals surface area contributed by atoms with Gasteiger partial charge in [0.2, 0.25) is 17.7 Å². The fourth-order valence-electron chi connectivity index (χ4n) is 2.63. The van der Waals surface area contributed by atoms with E-state index in [1.165, 1.54) is 0 Å². The number of carbonyl (C=O) groups excluding carboxylic acids is 2. The van der Waals surface area contributed by atoms with Crippen molar-refractivity contribution >= 4 is 29.1 Å². The fraction of sp³-hybridized carbons (Fsp3) is 0.353. The zero-order chi connectivity index (χ0) is 17.1. The van der Waals surface area contributed by atoms with Crippen LogP contribution in [-0.2, 0) is 9.59 Å². The van der Waals surface area contributed by atoms with Crippen LogP contribution in [0.25, 0.3) is 0 Å². The Morgan fingerprint density at radius 2 is 2.08 bits per heavy atom. The van der Waals surface area contributed by atoms with E-state index in [-0.39, 0.29) is 11.8 Å². The summed E-state index contributed by atoms with van der Waals surface area (Å²) in [5.74, 6) is 0.268. The summed E-state index contributed by atoms with van der Waals surface area (Å²) in [7, 11) is 0. The molecule has 1 saturated heterocycles. The highest BCUT2D eigenvalue weighted by atomic mass is 16.5. The maximum absolute atomic E-state index is 12.1. The van der Waals surface area contributed by atoms with Crippen LogP contribution >= 0.6 is 0 Å². The molecule has 126 valence electrons. The van der Waals surface area contributed by atoms with Crippen LogP contribution in [0.15, 0.2) is 34.9 Å². The zero-order valence-corrected chi connectivity index (χ0v) is 13.7. The minimum Gasteiger partial charge on any atom is -0.374 e. The van der Waals surface area contributed by atoms with Gasteiger partial charge in [-0.2, -0.15) is 0 Å². The van der Waals surface area contributed by atoms with Crippen LogP contribution in [0.3, 0.4) is 0 Å². The normalized spacial score (nSPS) is 15.4. The third-order valence-electron chi connectivity index (χ3n) is 3.90. The van der Waals surface area contributed by atoms with Gasteiger partial charge in [0.25, 0.3) is 0 Å². The highest BCUT2D eigenvalue weighted by molar-refractivity contribution is 5.96. The number of nitrogens with zero attached hydrogens (tertiary/aromatic N) is 2. The second-order valence-electron chi connectivity index (χ2n) is 5.88. The van der Waals surface area contributed by atoms with Gasteiger partial charge in [-0.05, 0) is 44.5 Å². The first kappa shape index (κ1) is 16.0. The third kappa shape index (κ3) is 3.56. The van der Waals surface area contributed by atoms with Crippen LogP contribution in [-0.4, -0.2) is 29.6 Å². The number of hydrogen-bond acceptors (Lipinski definition) is 5. The summed E-state index contributed by atoms with van der Waals surface area (Å²) in [5, 5.41) is 9.51. The molecule has 0 radical (unpaired) electrons. The fourth-order valence-corrected chi connectivity index (χ4v) is 2.63. The van der Waals surface area contributed by atoms with Gasteiger partial charge in [0.15, 0.2) is 0 Å². The van der Waals surface area contributed by atoms with Gasteiger partial charge >= 0.3 is 0 Å². The number of anilines is 3. The molecule has 2 amide bonds. The molecule has 0 aliphatic carbocycles. The second-order valence-corrected chi connectivity index (χ2v) is 5.88. The van der Waals surface area contributed by atoms with Crippen LogP contribution < -0.4 is 15.5 Å². The lowest BCUT2D eigenvalue weighted by atomic mass is 10.2. The quantitative estimate of drug-likeness (QED) is 0.881. The smallest absolute Gasteiger partial charge is 0.248 e. The Morgan fingerprint density at radius 1 is 1.33 bits per heavy atom. The molecular formula is C17H20N4O3. The molecular weight excluding hydrogens is 308 g/mol. The molecule has 2 heterocycles. The van der Waals surface area contributed by atoms with Crippen LogP contribution in [0.4, 0.5) is 17.3 Å². The minimum absolute atomic E-state index is 0.158. The van der Waals surface area contributed by atoms with Crippen molar-refractivity contribution in [2.24, 2.45) is 0 Å². The molecule has 2 N–H and O–H groups in total. The molecule has 7 nitrogen and oxygen atoms in total. The molecule has 7 heteroatoms. The Morgan fingerprint density at radius 3 is 2.67 bits per heavy atom. The molecule has 1 fully saturated rings. The number of nitrogens with one attached hydrogen (secondary N) is 2. The van der Waals surface area contributed by atoms with Crippen LogP contribution in [0, 0.1) is 6.92 Å². The first-order valence-electron chi connectivity index (χ1n) is 7.94.